The van der Waals surface area contributed by atoms with Crippen molar-refractivity contribution in [3.05, 3.63) is 138 Å². The standard InChI is InChI=1S/C45H53N5O8/c1-49(2)36-15-7-34(8-16-36)26-47-44(51)57-42(23-32-11-19-38(53-5)20-12-32)30-55-40-25-41(29-46-28-40)56-31-43(24-33-13-21-39(54-6)22-14-33)58-45(52)48-27-35-9-17-37(18-10-35)50(3)4/h7-22,25,28-29,42-43H,23-24,26-27,30-31H2,1-6H3,(H,47,51)(H,48,52). The van der Waals surface area contributed by atoms with Crippen LogP contribution in [-0.2, 0) is 35.4 Å². The fourth-order valence-corrected chi connectivity index (χ4v) is 5.81. The number of nitrogens with zero attached hydrogens (tertiary/aromatic N) is 3. The topological polar surface area (TPSA) is 133 Å². The maximum absolute atomic E-state index is 13.0. The van der Waals surface area contributed by atoms with Crippen LogP contribution in [0.5, 0.6) is 23.0 Å². The van der Waals surface area contributed by atoms with E-state index >= 15 is 0 Å². The molecule has 13 heteroatoms. The first-order valence-corrected chi connectivity index (χ1v) is 18.9. The Hall–Kier alpha value is -6.63. The molecule has 1 heterocycles. The van der Waals surface area contributed by atoms with Crippen molar-refractivity contribution in [2.24, 2.45) is 0 Å². The summed E-state index contributed by atoms with van der Waals surface area (Å²) in [6.45, 7) is 0.704. The number of benzene rings is 4. The van der Waals surface area contributed by atoms with E-state index < -0.39 is 24.4 Å². The monoisotopic (exact) mass is 791 g/mol. The van der Waals surface area contributed by atoms with Crippen molar-refractivity contribution in [3.63, 3.8) is 0 Å². The van der Waals surface area contributed by atoms with Crippen LogP contribution in [0.15, 0.2) is 116 Å². The molecule has 0 aliphatic heterocycles. The minimum absolute atomic E-state index is 0.0450. The van der Waals surface area contributed by atoms with Gasteiger partial charge in [0.2, 0.25) is 0 Å². The summed E-state index contributed by atoms with van der Waals surface area (Å²) in [5.74, 6) is 2.27. The van der Waals surface area contributed by atoms with Crippen LogP contribution in [0, 0.1) is 0 Å². The van der Waals surface area contributed by atoms with E-state index in [0.717, 1.165) is 45.1 Å². The van der Waals surface area contributed by atoms with E-state index in [1.165, 1.54) is 0 Å². The highest BCUT2D eigenvalue weighted by molar-refractivity contribution is 5.68. The Kier molecular flexibility index (Phi) is 15.8. The minimum Gasteiger partial charge on any atom is -0.497 e. The summed E-state index contributed by atoms with van der Waals surface area (Å²) in [5, 5.41) is 5.69. The molecular formula is C45H53N5O8. The van der Waals surface area contributed by atoms with Crippen molar-refractivity contribution in [2.75, 3.05) is 65.4 Å². The summed E-state index contributed by atoms with van der Waals surface area (Å²) in [6, 6.07) is 32.6. The maximum Gasteiger partial charge on any atom is 0.407 e. The summed E-state index contributed by atoms with van der Waals surface area (Å²) in [7, 11) is 11.1. The second kappa shape index (κ2) is 21.6. The number of carbonyl (C=O) groups is 2. The Balaban J connectivity index is 1.20. The summed E-state index contributed by atoms with van der Waals surface area (Å²) in [5.41, 5.74) is 5.88. The lowest BCUT2D eigenvalue weighted by atomic mass is 10.1. The molecule has 0 fully saturated rings. The molecule has 0 saturated carbocycles. The van der Waals surface area contributed by atoms with E-state index in [2.05, 4.69) is 15.6 Å². The van der Waals surface area contributed by atoms with Crippen LogP contribution in [0.2, 0.25) is 0 Å². The van der Waals surface area contributed by atoms with E-state index in [-0.39, 0.29) is 13.2 Å². The molecule has 2 N–H and O–H groups in total. The maximum atomic E-state index is 13.0. The van der Waals surface area contributed by atoms with Gasteiger partial charge in [-0.2, -0.15) is 0 Å². The predicted molar refractivity (Wildman–Crippen MR) is 224 cm³/mol. The van der Waals surface area contributed by atoms with Gasteiger partial charge in [-0.1, -0.05) is 48.5 Å². The summed E-state index contributed by atoms with van der Waals surface area (Å²) in [4.78, 5) is 34.3. The van der Waals surface area contributed by atoms with Crippen LogP contribution < -0.4 is 39.4 Å². The van der Waals surface area contributed by atoms with Crippen molar-refractivity contribution in [2.45, 2.75) is 38.1 Å². The smallest absolute Gasteiger partial charge is 0.407 e. The van der Waals surface area contributed by atoms with E-state index in [4.69, 9.17) is 28.4 Å². The molecule has 0 radical (unpaired) electrons. The van der Waals surface area contributed by atoms with Crippen molar-refractivity contribution in [3.8, 4) is 23.0 Å². The molecule has 58 heavy (non-hydrogen) atoms. The molecule has 2 atom stereocenters. The zero-order chi connectivity index (χ0) is 41.3. The third-order valence-electron chi connectivity index (χ3n) is 9.13. The van der Waals surface area contributed by atoms with Gasteiger partial charge in [0.25, 0.3) is 0 Å². The van der Waals surface area contributed by atoms with Gasteiger partial charge < -0.3 is 48.9 Å². The Morgan fingerprint density at radius 2 is 0.897 bits per heavy atom. The number of methoxy groups -OCH3 is 2. The summed E-state index contributed by atoms with van der Waals surface area (Å²) in [6.07, 6.45) is 1.49. The number of pyridine rings is 1. The first kappa shape index (κ1) is 42.5. The fraction of sp³-hybridized carbons (Fsp3) is 0.311. The SMILES string of the molecule is COc1ccc(CC(COc2cncc(OCC(Cc3ccc(OC)cc3)OC(=O)NCc3ccc(N(C)C)cc3)c2)OC(=O)NCc2ccc(N(C)C)cc2)cc1. The van der Waals surface area contributed by atoms with Crippen LogP contribution in [-0.4, -0.2) is 85.0 Å². The molecule has 0 aliphatic carbocycles. The highest BCUT2D eigenvalue weighted by Crippen LogP contribution is 2.21. The van der Waals surface area contributed by atoms with E-state index in [1.807, 2.05) is 135 Å². The average Bonchev–Trinajstić information content (AvgIpc) is 3.24. The number of rotatable bonds is 20. The second-order valence-electron chi connectivity index (χ2n) is 14.0. The van der Waals surface area contributed by atoms with Gasteiger partial charge in [-0.3, -0.25) is 4.98 Å². The molecule has 5 aromatic rings. The van der Waals surface area contributed by atoms with Crippen LogP contribution >= 0.6 is 0 Å². The van der Waals surface area contributed by atoms with Gasteiger partial charge in [-0.25, -0.2) is 9.59 Å². The largest absolute Gasteiger partial charge is 0.497 e. The lowest BCUT2D eigenvalue weighted by molar-refractivity contribution is 0.0631. The number of hydrogen-bond acceptors (Lipinski definition) is 11. The molecule has 4 aromatic carbocycles. The third-order valence-corrected chi connectivity index (χ3v) is 9.13. The van der Waals surface area contributed by atoms with Crippen molar-refractivity contribution in [1.29, 1.82) is 0 Å². The van der Waals surface area contributed by atoms with Gasteiger partial charge in [-0.05, 0) is 70.8 Å². The van der Waals surface area contributed by atoms with Gasteiger partial charge in [0.15, 0.2) is 0 Å². The fourth-order valence-electron chi connectivity index (χ4n) is 5.81. The minimum atomic E-state index is -0.638. The highest BCUT2D eigenvalue weighted by atomic mass is 16.6. The number of nitrogens with one attached hydrogen (secondary N) is 2. The molecule has 306 valence electrons. The van der Waals surface area contributed by atoms with Gasteiger partial charge in [0.05, 0.1) is 26.6 Å². The predicted octanol–water partition coefficient (Wildman–Crippen LogP) is 7.06. The molecule has 5 rings (SSSR count). The Labute approximate surface area is 340 Å². The number of ether oxygens (including phenoxy) is 6. The quantitative estimate of drug-likeness (QED) is 0.0840. The molecule has 0 aliphatic rings. The number of hydrogen-bond donors (Lipinski definition) is 2. The molecule has 1 aromatic heterocycles. The Morgan fingerprint density at radius 1 is 0.534 bits per heavy atom. The molecule has 2 unspecified atom stereocenters. The van der Waals surface area contributed by atoms with Gasteiger partial charge in [0.1, 0.15) is 48.4 Å². The molecule has 0 saturated heterocycles. The Bertz CT molecular complexity index is 1870. The van der Waals surface area contributed by atoms with E-state index in [1.54, 1.807) is 32.7 Å². The first-order chi connectivity index (χ1) is 28.1. The summed E-state index contributed by atoms with van der Waals surface area (Å²) < 4.78 is 34.6. The van der Waals surface area contributed by atoms with Gasteiger partial charge >= 0.3 is 12.2 Å². The lowest BCUT2D eigenvalue weighted by Gasteiger charge is -2.20. The molecule has 0 spiro atoms. The van der Waals surface area contributed by atoms with E-state index in [0.29, 0.717) is 37.4 Å². The molecule has 13 nitrogen and oxygen atoms in total. The lowest BCUT2D eigenvalue weighted by Crippen LogP contribution is -2.33. The molecule has 0 bridgehead atoms. The third kappa shape index (κ3) is 13.8. The molecular weight excluding hydrogens is 739 g/mol. The normalized spacial score (nSPS) is 11.7. The Morgan fingerprint density at radius 3 is 1.24 bits per heavy atom. The van der Waals surface area contributed by atoms with Crippen molar-refractivity contribution in [1.82, 2.24) is 15.6 Å². The zero-order valence-corrected chi connectivity index (χ0v) is 34.0. The second-order valence-corrected chi connectivity index (χ2v) is 14.0. The first-order valence-electron chi connectivity index (χ1n) is 18.9. The highest BCUT2D eigenvalue weighted by Gasteiger charge is 2.19. The number of amides is 2. The van der Waals surface area contributed by atoms with Crippen LogP contribution in [0.3, 0.4) is 0 Å². The van der Waals surface area contributed by atoms with Gasteiger partial charge in [0, 0.05) is 71.6 Å². The number of carbonyl (C=O) groups excluding carboxylic acids is 2. The van der Waals surface area contributed by atoms with Crippen molar-refractivity contribution < 1.29 is 38.0 Å². The van der Waals surface area contributed by atoms with Crippen LogP contribution in [0.4, 0.5) is 21.0 Å². The van der Waals surface area contributed by atoms with Gasteiger partial charge in [-0.15, -0.1) is 0 Å². The van der Waals surface area contributed by atoms with E-state index in [9.17, 15) is 9.59 Å². The number of alkyl carbamates (subject to hydrolysis) is 2. The zero-order valence-electron chi connectivity index (χ0n) is 34.0. The molecule has 2 amide bonds. The summed E-state index contributed by atoms with van der Waals surface area (Å²) >= 11 is 0. The van der Waals surface area contributed by atoms with Crippen LogP contribution in [0.1, 0.15) is 22.3 Å². The van der Waals surface area contributed by atoms with Crippen molar-refractivity contribution >= 4 is 23.6 Å². The average molecular weight is 792 g/mol. The van der Waals surface area contributed by atoms with Crippen LogP contribution in [0.25, 0.3) is 0 Å². The number of anilines is 2. The number of aromatic nitrogens is 1.